The highest BCUT2D eigenvalue weighted by Crippen LogP contribution is 2.35. The number of benzene rings is 2. The van der Waals surface area contributed by atoms with Crippen molar-refractivity contribution in [3.05, 3.63) is 63.2 Å². The van der Waals surface area contributed by atoms with E-state index in [1.165, 1.54) is 39.5 Å². The number of methoxy groups -OCH3 is 2. The van der Waals surface area contributed by atoms with Gasteiger partial charge in [0, 0.05) is 19.7 Å². The third-order valence-corrected chi connectivity index (χ3v) is 3.98. The van der Waals surface area contributed by atoms with Crippen LogP contribution in [0.25, 0.3) is 0 Å². The standard InChI is InChI=1S/C18H17F3N2O5/c1-22(10-11-4-6-12(7-5-11)18(19,20)21)17(24)13-8-15(27-2)16(28-3)9-14(13)23(25)26/h4-9H,10H2,1-3H3. The molecule has 28 heavy (non-hydrogen) atoms. The van der Waals surface area contributed by atoms with Crippen LogP contribution in [0.3, 0.4) is 0 Å². The van der Waals surface area contributed by atoms with Crippen LogP contribution in [-0.4, -0.2) is 37.0 Å². The van der Waals surface area contributed by atoms with Crippen molar-refractivity contribution in [3.8, 4) is 11.5 Å². The number of carbonyl (C=O) groups is 1. The Balaban J connectivity index is 2.30. The average Bonchev–Trinajstić information content (AvgIpc) is 2.65. The van der Waals surface area contributed by atoms with Gasteiger partial charge in [-0.25, -0.2) is 0 Å². The predicted octanol–water partition coefficient (Wildman–Crippen LogP) is 3.90. The molecule has 0 aliphatic rings. The number of carbonyl (C=O) groups excluding carboxylic acids is 1. The molecule has 1 amide bonds. The molecular weight excluding hydrogens is 381 g/mol. The zero-order valence-corrected chi connectivity index (χ0v) is 15.2. The SMILES string of the molecule is COc1cc(C(=O)N(C)Cc2ccc(C(F)(F)F)cc2)c([N+](=O)[O-])cc1OC. The molecule has 0 atom stereocenters. The lowest BCUT2D eigenvalue weighted by atomic mass is 10.1. The van der Waals surface area contributed by atoms with Crippen LogP contribution in [0.5, 0.6) is 11.5 Å². The second-order valence-electron chi connectivity index (χ2n) is 5.84. The van der Waals surface area contributed by atoms with Crippen molar-refractivity contribution in [2.24, 2.45) is 0 Å². The molecule has 0 radical (unpaired) electrons. The van der Waals surface area contributed by atoms with E-state index in [4.69, 9.17) is 9.47 Å². The maximum absolute atomic E-state index is 12.7. The lowest BCUT2D eigenvalue weighted by Gasteiger charge is -2.19. The second kappa shape index (κ2) is 8.15. The van der Waals surface area contributed by atoms with Gasteiger partial charge in [0.15, 0.2) is 11.5 Å². The van der Waals surface area contributed by atoms with E-state index in [-0.39, 0.29) is 23.6 Å². The third-order valence-electron chi connectivity index (χ3n) is 3.98. The van der Waals surface area contributed by atoms with Gasteiger partial charge >= 0.3 is 6.18 Å². The summed E-state index contributed by atoms with van der Waals surface area (Å²) in [6.45, 7) is -0.0392. The summed E-state index contributed by atoms with van der Waals surface area (Å²) >= 11 is 0. The zero-order chi connectivity index (χ0) is 21.1. The number of nitro benzene ring substituents is 1. The molecule has 0 saturated heterocycles. The van der Waals surface area contributed by atoms with Gasteiger partial charge in [0.25, 0.3) is 11.6 Å². The lowest BCUT2D eigenvalue weighted by molar-refractivity contribution is -0.385. The fourth-order valence-electron chi connectivity index (χ4n) is 2.54. The van der Waals surface area contributed by atoms with Gasteiger partial charge in [0.1, 0.15) is 5.56 Å². The number of amides is 1. The second-order valence-corrected chi connectivity index (χ2v) is 5.84. The summed E-state index contributed by atoms with van der Waals surface area (Å²) in [5.74, 6) is -0.455. The first kappa shape index (κ1) is 21.0. The van der Waals surface area contributed by atoms with Crippen molar-refractivity contribution in [3.63, 3.8) is 0 Å². The van der Waals surface area contributed by atoms with Gasteiger partial charge in [-0.1, -0.05) is 12.1 Å². The molecule has 2 aromatic carbocycles. The van der Waals surface area contributed by atoms with Crippen LogP contribution in [0.1, 0.15) is 21.5 Å². The maximum Gasteiger partial charge on any atom is 0.416 e. The third kappa shape index (κ3) is 4.51. The zero-order valence-electron chi connectivity index (χ0n) is 15.2. The number of halogens is 3. The van der Waals surface area contributed by atoms with E-state index in [1.807, 2.05) is 0 Å². The van der Waals surface area contributed by atoms with Gasteiger partial charge in [-0.05, 0) is 17.7 Å². The minimum Gasteiger partial charge on any atom is -0.493 e. The van der Waals surface area contributed by atoms with Crippen molar-refractivity contribution >= 4 is 11.6 Å². The molecule has 150 valence electrons. The Morgan fingerprint density at radius 3 is 2.11 bits per heavy atom. The Morgan fingerprint density at radius 2 is 1.64 bits per heavy atom. The molecule has 0 aliphatic carbocycles. The quantitative estimate of drug-likeness (QED) is 0.544. The van der Waals surface area contributed by atoms with Crippen LogP contribution in [0.4, 0.5) is 18.9 Å². The van der Waals surface area contributed by atoms with E-state index in [0.29, 0.717) is 5.56 Å². The Labute approximate surface area is 158 Å². The lowest BCUT2D eigenvalue weighted by Crippen LogP contribution is -2.27. The van der Waals surface area contributed by atoms with Crippen LogP contribution in [0, 0.1) is 10.1 Å². The fourth-order valence-corrected chi connectivity index (χ4v) is 2.54. The normalized spacial score (nSPS) is 11.1. The van der Waals surface area contributed by atoms with Crippen molar-refractivity contribution in [1.82, 2.24) is 4.90 Å². The highest BCUT2D eigenvalue weighted by Gasteiger charge is 2.30. The Morgan fingerprint density at radius 1 is 1.11 bits per heavy atom. The van der Waals surface area contributed by atoms with Crippen LogP contribution in [0.15, 0.2) is 36.4 Å². The number of alkyl halides is 3. The molecule has 0 N–H and O–H groups in total. The van der Waals surface area contributed by atoms with Crippen LogP contribution >= 0.6 is 0 Å². The number of ether oxygens (including phenoxy) is 2. The summed E-state index contributed by atoms with van der Waals surface area (Å²) in [6, 6.07) is 6.59. The minimum absolute atomic E-state index is 0.0392. The molecule has 0 heterocycles. The molecular formula is C18H17F3N2O5. The van der Waals surface area contributed by atoms with E-state index in [0.717, 1.165) is 23.1 Å². The largest absolute Gasteiger partial charge is 0.493 e. The van der Waals surface area contributed by atoms with E-state index in [2.05, 4.69) is 0 Å². The minimum atomic E-state index is -4.46. The van der Waals surface area contributed by atoms with Crippen molar-refractivity contribution in [2.75, 3.05) is 21.3 Å². The molecule has 0 saturated carbocycles. The number of hydrogen-bond acceptors (Lipinski definition) is 5. The van der Waals surface area contributed by atoms with Gasteiger partial charge in [-0.3, -0.25) is 14.9 Å². The van der Waals surface area contributed by atoms with Gasteiger partial charge in [-0.2, -0.15) is 13.2 Å². The van der Waals surface area contributed by atoms with Crippen LogP contribution in [0.2, 0.25) is 0 Å². The molecule has 0 aliphatic heterocycles. The number of nitrogens with zero attached hydrogens (tertiary/aromatic N) is 2. The molecule has 2 aromatic rings. The summed E-state index contributed by atoms with van der Waals surface area (Å²) < 4.78 is 48.0. The van der Waals surface area contributed by atoms with Gasteiger partial charge in [0.2, 0.25) is 0 Å². The number of rotatable bonds is 6. The van der Waals surface area contributed by atoms with E-state index in [9.17, 15) is 28.1 Å². The summed E-state index contributed by atoms with van der Waals surface area (Å²) in [5, 5.41) is 11.3. The highest BCUT2D eigenvalue weighted by molar-refractivity contribution is 5.99. The Kier molecular flexibility index (Phi) is 6.12. The predicted molar refractivity (Wildman–Crippen MR) is 93.4 cm³/mol. The molecule has 7 nitrogen and oxygen atoms in total. The molecule has 10 heteroatoms. The monoisotopic (exact) mass is 398 g/mol. The van der Waals surface area contributed by atoms with Crippen molar-refractivity contribution < 1.29 is 32.4 Å². The fraction of sp³-hybridized carbons (Fsp3) is 0.278. The first-order chi connectivity index (χ1) is 13.1. The molecule has 0 aromatic heterocycles. The number of nitro groups is 1. The summed E-state index contributed by atoms with van der Waals surface area (Å²) in [5.41, 5.74) is -1.06. The molecule has 0 fully saturated rings. The maximum atomic E-state index is 12.7. The van der Waals surface area contributed by atoms with Gasteiger partial charge < -0.3 is 14.4 Å². The van der Waals surface area contributed by atoms with E-state index in [1.54, 1.807) is 0 Å². The van der Waals surface area contributed by atoms with Gasteiger partial charge in [0.05, 0.1) is 30.8 Å². The first-order valence-electron chi connectivity index (χ1n) is 7.90. The Hall–Kier alpha value is -3.30. The topological polar surface area (TPSA) is 81.9 Å². The molecule has 0 spiro atoms. The molecule has 2 rings (SSSR count). The van der Waals surface area contributed by atoms with Gasteiger partial charge in [-0.15, -0.1) is 0 Å². The van der Waals surface area contributed by atoms with Crippen molar-refractivity contribution in [1.29, 1.82) is 0 Å². The Bertz CT molecular complexity index is 882. The summed E-state index contributed by atoms with van der Waals surface area (Å²) in [7, 11) is 4.02. The smallest absolute Gasteiger partial charge is 0.416 e. The number of hydrogen-bond donors (Lipinski definition) is 0. The summed E-state index contributed by atoms with van der Waals surface area (Å²) in [6.07, 6.45) is -4.46. The summed E-state index contributed by atoms with van der Waals surface area (Å²) in [4.78, 5) is 24.5. The van der Waals surface area contributed by atoms with E-state index >= 15 is 0 Å². The van der Waals surface area contributed by atoms with Crippen molar-refractivity contribution in [2.45, 2.75) is 12.7 Å². The molecule has 0 bridgehead atoms. The van der Waals surface area contributed by atoms with Crippen LogP contribution < -0.4 is 9.47 Å². The first-order valence-corrected chi connectivity index (χ1v) is 7.90. The molecule has 0 unspecified atom stereocenters. The highest BCUT2D eigenvalue weighted by atomic mass is 19.4. The van der Waals surface area contributed by atoms with E-state index < -0.39 is 28.3 Å². The average molecular weight is 398 g/mol. The van der Waals surface area contributed by atoms with Crippen LogP contribution in [-0.2, 0) is 12.7 Å².